The predicted molar refractivity (Wildman–Crippen MR) is 126 cm³/mol. The van der Waals surface area contributed by atoms with Crippen LogP contribution in [0.2, 0.25) is 0 Å². The Labute approximate surface area is 232 Å². The molecule has 0 amide bonds. The van der Waals surface area contributed by atoms with E-state index in [2.05, 4.69) is 9.72 Å². The number of benzene rings is 3. The van der Waals surface area contributed by atoms with Crippen LogP contribution >= 0.6 is 0 Å². The zero-order chi connectivity index (χ0) is 25.9. The summed E-state index contributed by atoms with van der Waals surface area (Å²) in [4.78, 5) is 25.7. The molecule has 4 rings (SSSR count). The van der Waals surface area contributed by atoms with E-state index in [9.17, 15) is 18.4 Å². The summed E-state index contributed by atoms with van der Waals surface area (Å²) >= 11 is 0. The van der Waals surface area contributed by atoms with E-state index in [0.717, 1.165) is 38.1 Å². The summed E-state index contributed by atoms with van der Waals surface area (Å²) in [7, 11) is 0. The zero-order valence-corrected chi connectivity index (χ0v) is 22.5. The molecule has 0 spiro atoms. The van der Waals surface area contributed by atoms with Gasteiger partial charge >= 0.3 is 41.4 Å². The summed E-state index contributed by atoms with van der Waals surface area (Å²) < 4.78 is 42.8. The summed E-state index contributed by atoms with van der Waals surface area (Å²) in [6.07, 6.45) is -3.65. The average molecular weight is 520 g/mol. The van der Waals surface area contributed by atoms with Gasteiger partial charge in [-0.1, -0.05) is 36.4 Å². The van der Waals surface area contributed by atoms with Crippen LogP contribution in [0, 0.1) is 13.8 Å². The first-order chi connectivity index (χ1) is 17.1. The second-order valence-corrected chi connectivity index (χ2v) is 8.18. The second-order valence-electron chi connectivity index (χ2n) is 8.18. The summed E-state index contributed by atoms with van der Waals surface area (Å²) in [5.41, 5.74) is 4.45. The third-order valence-corrected chi connectivity index (χ3v) is 5.62. The first-order valence-corrected chi connectivity index (χ1v) is 11.0. The van der Waals surface area contributed by atoms with Crippen molar-refractivity contribution in [1.29, 1.82) is 0 Å². The zero-order valence-electron chi connectivity index (χ0n) is 20.5. The maximum absolute atomic E-state index is 13.4. The third-order valence-electron chi connectivity index (χ3n) is 5.62. The molecule has 0 saturated carbocycles. The molecule has 1 aromatic heterocycles. The van der Waals surface area contributed by atoms with E-state index < -0.39 is 24.2 Å². The van der Waals surface area contributed by atoms with Crippen LogP contribution in [0.25, 0.3) is 11.1 Å². The van der Waals surface area contributed by atoms with Crippen molar-refractivity contribution in [2.75, 3.05) is 6.61 Å². The summed E-state index contributed by atoms with van der Waals surface area (Å²) in [6, 6.07) is 17.5. The van der Waals surface area contributed by atoms with E-state index in [1.807, 2.05) is 25.1 Å². The van der Waals surface area contributed by atoms with E-state index in [4.69, 9.17) is 14.4 Å². The predicted octanol–water partition coefficient (Wildman–Crippen LogP) is 0.638. The van der Waals surface area contributed by atoms with Gasteiger partial charge in [0, 0.05) is 6.54 Å². The minimum absolute atomic E-state index is 0. The molecule has 11 heteroatoms. The maximum atomic E-state index is 13.4. The Balaban J connectivity index is 0.00000380. The number of aromatic nitrogens is 2. The van der Waals surface area contributed by atoms with Crippen LogP contribution in [0.1, 0.15) is 22.3 Å². The molecule has 3 aromatic carbocycles. The van der Waals surface area contributed by atoms with Crippen LogP contribution in [0.15, 0.2) is 74.8 Å². The molecule has 0 aliphatic rings. The Kier molecular flexibility index (Phi) is 9.14. The largest absolute Gasteiger partial charge is 1.00 e. The number of nitrogens with zero attached hydrogens (tertiary/aromatic N) is 2. The SMILES string of the molecule is Cc1cc(OC(F)(F)CO)ccc1-c1cccc(COc2ccc(Cn3oc(=O)[n-]c3=O)cc2)c1C.[Na+]. The number of hydrogen-bond donors (Lipinski definition) is 1. The number of aliphatic hydroxyl groups excluding tert-OH is 1. The van der Waals surface area contributed by atoms with Gasteiger partial charge in [-0.25, -0.2) is 4.79 Å². The smallest absolute Gasteiger partial charge is 0.489 e. The van der Waals surface area contributed by atoms with Crippen LogP contribution in [-0.2, 0) is 13.2 Å². The molecule has 0 aliphatic heterocycles. The van der Waals surface area contributed by atoms with Crippen LogP contribution in [0.3, 0.4) is 0 Å². The van der Waals surface area contributed by atoms with Gasteiger partial charge in [0.1, 0.15) is 24.7 Å². The van der Waals surface area contributed by atoms with Crippen molar-refractivity contribution in [3.63, 3.8) is 0 Å². The van der Waals surface area contributed by atoms with Gasteiger partial charge in [0.25, 0.3) is 0 Å². The topological polar surface area (TPSA) is 105 Å². The van der Waals surface area contributed by atoms with Gasteiger partial charge in [0.05, 0.1) is 0 Å². The average Bonchev–Trinajstić information content (AvgIpc) is 3.16. The molecule has 4 aromatic rings. The van der Waals surface area contributed by atoms with Gasteiger partial charge in [0.2, 0.25) is 0 Å². The number of hydrogen-bond acceptors (Lipinski definition) is 6. The van der Waals surface area contributed by atoms with E-state index >= 15 is 0 Å². The van der Waals surface area contributed by atoms with E-state index in [0.29, 0.717) is 12.4 Å². The van der Waals surface area contributed by atoms with Crippen LogP contribution in [0.4, 0.5) is 8.78 Å². The van der Waals surface area contributed by atoms with Crippen molar-refractivity contribution in [3.05, 3.63) is 104 Å². The number of halogens is 2. The second kappa shape index (κ2) is 11.9. The van der Waals surface area contributed by atoms with Crippen molar-refractivity contribution in [2.24, 2.45) is 0 Å². The summed E-state index contributed by atoms with van der Waals surface area (Å²) in [5, 5.41) is 8.73. The maximum Gasteiger partial charge on any atom is 1.00 e. The fraction of sp³-hybridized carbons (Fsp3) is 0.231. The van der Waals surface area contributed by atoms with Gasteiger partial charge in [-0.2, -0.15) is 8.78 Å². The first-order valence-electron chi connectivity index (χ1n) is 11.0. The normalized spacial score (nSPS) is 11.2. The van der Waals surface area contributed by atoms with Crippen molar-refractivity contribution in [3.8, 4) is 22.6 Å². The van der Waals surface area contributed by atoms with Gasteiger partial charge in [-0.15, -0.1) is 0 Å². The molecular weight excluding hydrogens is 497 g/mol. The van der Waals surface area contributed by atoms with Gasteiger partial charge < -0.3 is 24.1 Å². The number of rotatable bonds is 9. The standard InChI is InChI=1S/C26H24F2N2O6.Na/c1-16-12-21(35-26(27,28)15-31)10-11-22(16)23-5-3-4-19(17(23)2)14-34-20-8-6-18(7-9-20)13-30-24(32)29-25(33)36-30;/h3-12,31H,13-15H2,1-2H3,(H,29,32,33);/q;+1/p-1. The molecule has 0 unspecified atom stereocenters. The van der Waals surface area contributed by atoms with E-state index in [1.165, 1.54) is 12.1 Å². The molecule has 0 radical (unpaired) electrons. The first kappa shape index (κ1) is 28.4. The Morgan fingerprint density at radius 1 is 1.00 bits per heavy atom. The molecule has 1 heterocycles. The molecule has 0 atom stereocenters. The Hall–Kier alpha value is -3.18. The molecule has 188 valence electrons. The van der Waals surface area contributed by atoms with Crippen LogP contribution < -0.4 is 55.5 Å². The van der Waals surface area contributed by atoms with Gasteiger partial charge in [-0.3, -0.25) is 9.53 Å². The Morgan fingerprint density at radius 2 is 1.70 bits per heavy atom. The van der Waals surface area contributed by atoms with E-state index in [-0.39, 0.29) is 41.9 Å². The minimum atomic E-state index is -3.65. The number of alkyl halides is 2. The molecule has 0 bridgehead atoms. The summed E-state index contributed by atoms with van der Waals surface area (Å²) in [6.45, 7) is 2.73. The number of aliphatic hydroxyl groups is 1. The Bertz CT molecular complexity index is 1480. The Morgan fingerprint density at radius 3 is 2.32 bits per heavy atom. The minimum Gasteiger partial charge on any atom is -0.489 e. The molecule has 0 saturated heterocycles. The molecule has 0 aliphatic carbocycles. The summed E-state index contributed by atoms with van der Waals surface area (Å²) in [5.74, 6) is -0.349. The third kappa shape index (κ3) is 6.98. The van der Waals surface area contributed by atoms with Gasteiger partial charge in [0.15, 0.2) is 5.69 Å². The van der Waals surface area contributed by atoms with E-state index in [1.54, 1.807) is 37.3 Å². The van der Waals surface area contributed by atoms with Crippen molar-refractivity contribution in [2.45, 2.75) is 33.1 Å². The van der Waals surface area contributed by atoms with Crippen LogP contribution in [0.5, 0.6) is 11.5 Å². The molecule has 1 N–H and O–H groups in total. The molecule has 8 nitrogen and oxygen atoms in total. The number of aryl methyl sites for hydroxylation is 1. The fourth-order valence-corrected chi connectivity index (χ4v) is 3.74. The van der Waals surface area contributed by atoms with Crippen molar-refractivity contribution in [1.82, 2.24) is 9.72 Å². The van der Waals surface area contributed by atoms with Crippen LogP contribution in [-0.4, -0.2) is 22.6 Å². The number of ether oxygens (including phenoxy) is 2. The van der Waals surface area contributed by atoms with Crippen molar-refractivity contribution < 1.29 is 57.4 Å². The van der Waals surface area contributed by atoms with Gasteiger partial charge in [-0.05, 0) is 71.5 Å². The quantitative estimate of drug-likeness (QED) is 0.323. The molecule has 37 heavy (non-hydrogen) atoms. The fourth-order valence-electron chi connectivity index (χ4n) is 3.74. The molecular formula is C26H23F2N2NaO6. The van der Waals surface area contributed by atoms with Crippen molar-refractivity contribution >= 4 is 0 Å². The monoisotopic (exact) mass is 520 g/mol. The molecule has 0 fully saturated rings.